The van der Waals surface area contributed by atoms with Gasteiger partial charge in [0.2, 0.25) is 15.9 Å². The highest BCUT2D eigenvalue weighted by molar-refractivity contribution is 7.89. The van der Waals surface area contributed by atoms with E-state index in [0.29, 0.717) is 29.5 Å². The van der Waals surface area contributed by atoms with Gasteiger partial charge in [-0.3, -0.25) is 19.4 Å². The number of amides is 4. The number of anilines is 2. The number of hydrogen-bond acceptors (Lipinski definition) is 5. The molecule has 1 N–H and O–H groups in total. The van der Waals surface area contributed by atoms with Gasteiger partial charge in [-0.05, 0) is 68.3 Å². The zero-order valence-electron chi connectivity index (χ0n) is 19.3. The molecule has 2 saturated heterocycles. The number of carbonyl (C=O) groups is 3. The van der Waals surface area contributed by atoms with Crippen molar-refractivity contribution < 1.29 is 22.8 Å². The summed E-state index contributed by atoms with van der Waals surface area (Å²) in [5, 5.41) is 3.13. The Kier molecular flexibility index (Phi) is 7.44. The highest BCUT2D eigenvalue weighted by atomic mass is 35.5. The third kappa shape index (κ3) is 5.34. The van der Waals surface area contributed by atoms with E-state index in [4.69, 9.17) is 11.6 Å². The van der Waals surface area contributed by atoms with Crippen molar-refractivity contribution in [2.45, 2.75) is 43.5 Å². The van der Waals surface area contributed by atoms with Crippen LogP contribution in [-0.4, -0.2) is 61.1 Å². The predicted octanol–water partition coefficient (Wildman–Crippen LogP) is 3.70. The number of nitrogens with zero attached hydrogens (tertiary/aromatic N) is 3. The minimum Gasteiger partial charge on any atom is -0.325 e. The van der Waals surface area contributed by atoms with Crippen molar-refractivity contribution in [2.24, 2.45) is 0 Å². The van der Waals surface area contributed by atoms with Gasteiger partial charge in [0, 0.05) is 29.5 Å². The zero-order chi connectivity index (χ0) is 25.2. The molecule has 2 aromatic carbocycles. The van der Waals surface area contributed by atoms with E-state index in [9.17, 15) is 22.8 Å². The molecule has 4 rings (SSSR count). The molecule has 1 atom stereocenters. The fraction of sp³-hybridized carbons (Fsp3) is 0.375. The maximum absolute atomic E-state index is 12.9. The highest BCUT2D eigenvalue weighted by Crippen LogP contribution is 2.27. The summed E-state index contributed by atoms with van der Waals surface area (Å²) in [7, 11) is -3.60. The number of rotatable bonds is 6. The summed E-state index contributed by atoms with van der Waals surface area (Å²) in [6.45, 7) is 2.14. The average Bonchev–Trinajstić information content (AvgIpc) is 3.04. The van der Waals surface area contributed by atoms with Crippen LogP contribution < -0.4 is 10.2 Å². The predicted molar refractivity (Wildman–Crippen MR) is 133 cm³/mol. The first-order valence-corrected chi connectivity index (χ1v) is 13.3. The van der Waals surface area contributed by atoms with Crippen molar-refractivity contribution in [2.75, 3.05) is 29.9 Å². The lowest BCUT2D eigenvalue weighted by Gasteiger charge is -2.20. The second-order valence-electron chi connectivity index (χ2n) is 8.62. The molecule has 0 aromatic heterocycles. The van der Waals surface area contributed by atoms with Crippen LogP contribution in [0.25, 0.3) is 0 Å². The molecule has 11 heteroatoms. The van der Waals surface area contributed by atoms with Gasteiger partial charge in [-0.1, -0.05) is 24.4 Å². The minimum atomic E-state index is -3.60. The smallest absolute Gasteiger partial charge is 0.325 e. The second-order valence-corrected chi connectivity index (χ2v) is 11.0. The monoisotopic (exact) mass is 518 g/mol. The van der Waals surface area contributed by atoms with Crippen molar-refractivity contribution in [1.29, 1.82) is 0 Å². The van der Waals surface area contributed by atoms with E-state index < -0.39 is 40.5 Å². The van der Waals surface area contributed by atoms with Crippen LogP contribution >= 0.6 is 11.6 Å². The number of sulfonamides is 1. The molecule has 0 radical (unpaired) electrons. The Bertz CT molecular complexity index is 1210. The highest BCUT2D eigenvalue weighted by Gasteiger charge is 2.44. The molecule has 2 aliphatic rings. The lowest BCUT2D eigenvalue weighted by Crippen LogP contribution is -2.39. The van der Waals surface area contributed by atoms with Gasteiger partial charge in [0.15, 0.2) is 0 Å². The van der Waals surface area contributed by atoms with Crippen LogP contribution in [-0.2, 0) is 19.6 Å². The summed E-state index contributed by atoms with van der Waals surface area (Å²) in [6, 6.07) is 11.0. The number of urea groups is 1. The van der Waals surface area contributed by atoms with E-state index in [0.717, 1.165) is 30.6 Å². The molecular formula is C24H27ClN4O5S. The fourth-order valence-electron chi connectivity index (χ4n) is 4.29. The van der Waals surface area contributed by atoms with E-state index >= 15 is 0 Å². The third-order valence-corrected chi connectivity index (χ3v) is 8.36. The molecule has 2 aromatic rings. The zero-order valence-corrected chi connectivity index (χ0v) is 20.9. The van der Waals surface area contributed by atoms with Gasteiger partial charge in [-0.15, -0.1) is 0 Å². The minimum absolute atomic E-state index is 0.162. The molecule has 2 heterocycles. The Hall–Kier alpha value is -2.95. The Morgan fingerprint density at radius 2 is 1.57 bits per heavy atom. The molecule has 9 nitrogen and oxygen atoms in total. The number of hydrogen-bond donors (Lipinski definition) is 1. The van der Waals surface area contributed by atoms with E-state index in [-0.39, 0.29) is 4.90 Å². The molecule has 0 unspecified atom stereocenters. The lowest BCUT2D eigenvalue weighted by atomic mass is 10.2. The lowest BCUT2D eigenvalue weighted by molar-refractivity contribution is -0.130. The van der Waals surface area contributed by atoms with Crippen LogP contribution in [0, 0.1) is 0 Å². The average molecular weight is 519 g/mol. The van der Waals surface area contributed by atoms with Crippen LogP contribution in [0.1, 0.15) is 32.6 Å². The summed E-state index contributed by atoms with van der Waals surface area (Å²) in [5.74, 6) is -1.06. The summed E-state index contributed by atoms with van der Waals surface area (Å²) in [4.78, 5) is 40.5. The van der Waals surface area contributed by atoms with Crippen LogP contribution in [0.3, 0.4) is 0 Å². The fourth-order valence-corrected chi connectivity index (χ4v) is 5.94. The van der Waals surface area contributed by atoms with Crippen LogP contribution in [0.4, 0.5) is 16.2 Å². The van der Waals surface area contributed by atoms with Gasteiger partial charge in [-0.2, -0.15) is 4.31 Å². The molecule has 2 fully saturated rings. The number of imide groups is 1. The molecule has 0 aliphatic carbocycles. The van der Waals surface area contributed by atoms with Gasteiger partial charge in [0.25, 0.3) is 5.91 Å². The maximum Gasteiger partial charge on any atom is 0.332 e. The van der Waals surface area contributed by atoms with Crippen molar-refractivity contribution >= 4 is 50.8 Å². The Labute approximate surface area is 209 Å². The Balaban J connectivity index is 1.40. The Morgan fingerprint density at radius 3 is 2.17 bits per heavy atom. The van der Waals surface area contributed by atoms with E-state index in [1.54, 1.807) is 31.2 Å². The van der Waals surface area contributed by atoms with Crippen LogP contribution in [0.5, 0.6) is 0 Å². The first-order chi connectivity index (χ1) is 16.7. The topological polar surface area (TPSA) is 107 Å². The van der Waals surface area contributed by atoms with Crippen molar-refractivity contribution in [3.63, 3.8) is 0 Å². The van der Waals surface area contributed by atoms with E-state index in [2.05, 4.69) is 5.32 Å². The van der Waals surface area contributed by atoms with Gasteiger partial charge in [0.1, 0.15) is 12.6 Å². The van der Waals surface area contributed by atoms with Gasteiger partial charge in [-0.25, -0.2) is 13.2 Å². The summed E-state index contributed by atoms with van der Waals surface area (Å²) in [5.41, 5.74) is 0.871. The third-order valence-electron chi connectivity index (χ3n) is 6.20. The SMILES string of the molecule is C[C@H]1C(=O)N(CC(=O)Nc2ccc(S(=O)(=O)N3CCCCCC3)cc2)C(=O)N1c1ccc(Cl)cc1. The molecule has 186 valence electrons. The van der Waals surface area contributed by atoms with Crippen molar-refractivity contribution in [3.8, 4) is 0 Å². The van der Waals surface area contributed by atoms with Crippen LogP contribution in [0.2, 0.25) is 5.02 Å². The first-order valence-electron chi connectivity index (χ1n) is 11.5. The van der Waals surface area contributed by atoms with Gasteiger partial charge >= 0.3 is 6.03 Å². The van der Waals surface area contributed by atoms with Crippen molar-refractivity contribution in [1.82, 2.24) is 9.21 Å². The van der Waals surface area contributed by atoms with Crippen molar-refractivity contribution in [3.05, 3.63) is 53.6 Å². The standard InChI is InChI=1S/C24H27ClN4O5S/c1-17-23(31)28(24(32)29(17)20-10-6-18(25)7-11-20)16-22(30)26-19-8-12-21(13-9-19)35(33,34)27-14-4-2-3-5-15-27/h6-13,17H,2-5,14-16H2,1H3,(H,26,30)/t17-/m0/s1. The molecule has 0 bridgehead atoms. The second kappa shape index (κ2) is 10.3. The number of halogens is 1. The number of nitrogens with one attached hydrogen (secondary N) is 1. The molecule has 35 heavy (non-hydrogen) atoms. The summed E-state index contributed by atoms with van der Waals surface area (Å²) < 4.78 is 27.3. The molecule has 0 spiro atoms. The van der Waals surface area contributed by atoms with Gasteiger partial charge in [0.05, 0.1) is 4.90 Å². The summed E-state index contributed by atoms with van der Waals surface area (Å²) in [6.07, 6.45) is 3.73. The molecular weight excluding hydrogens is 492 g/mol. The van der Waals surface area contributed by atoms with E-state index in [1.165, 1.54) is 33.5 Å². The molecule has 2 aliphatic heterocycles. The quantitative estimate of drug-likeness (QED) is 0.587. The molecule has 4 amide bonds. The normalized spacial score (nSPS) is 19.7. The number of carbonyl (C=O) groups excluding carboxylic acids is 3. The van der Waals surface area contributed by atoms with Crippen LogP contribution in [0.15, 0.2) is 53.4 Å². The van der Waals surface area contributed by atoms with E-state index in [1.807, 2.05) is 0 Å². The molecule has 0 saturated carbocycles. The van der Waals surface area contributed by atoms with Gasteiger partial charge < -0.3 is 5.32 Å². The summed E-state index contributed by atoms with van der Waals surface area (Å²) >= 11 is 5.91. The largest absolute Gasteiger partial charge is 0.332 e. The first kappa shape index (κ1) is 25.2. The maximum atomic E-state index is 12.9. The number of benzene rings is 2. The Morgan fingerprint density at radius 1 is 0.971 bits per heavy atom.